The minimum absolute atomic E-state index is 0.0604. The van der Waals surface area contributed by atoms with Crippen molar-refractivity contribution in [2.24, 2.45) is 0 Å². The second-order valence-electron chi connectivity index (χ2n) is 5.91. The van der Waals surface area contributed by atoms with Crippen LogP contribution >= 0.6 is 0 Å². The van der Waals surface area contributed by atoms with Crippen LogP contribution < -0.4 is 5.43 Å². The molecule has 1 aliphatic rings. The summed E-state index contributed by atoms with van der Waals surface area (Å²) in [6.45, 7) is 5.04. The van der Waals surface area contributed by atoms with Crippen molar-refractivity contribution in [3.05, 3.63) is 58.0 Å². The van der Waals surface area contributed by atoms with Gasteiger partial charge in [0.15, 0.2) is 11.2 Å². The molecule has 1 aliphatic heterocycles. The van der Waals surface area contributed by atoms with E-state index in [1.54, 1.807) is 7.11 Å². The van der Waals surface area contributed by atoms with Crippen LogP contribution in [0.1, 0.15) is 17.5 Å². The lowest BCUT2D eigenvalue weighted by Crippen LogP contribution is -2.37. The Morgan fingerprint density at radius 1 is 1.18 bits per heavy atom. The highest BCUT2D eigenvalue weighted by Gasteiger charge is 2.36. The summed E-state index contributed by atoms with van der Waals surface area (Å²) in [6, 6.07) is 8.01. The Balaban J connectivity index is 2.15. The van der Waals surface area contributed by atoms with Gasteiger partial charge in [0, 0.05) is 37.1 Å². The number of aromatic nitrogens is 1. The minimum atomic E-state index is -0.516. The van der Waals surface area contributed by atoms with Crippen molar-refractivity contribution in [2.45, 2.75) is 26.0 Å². The van der Waals surface area contributed by atoms with Gasteiger partial charge < -0.3 is 14.0 Å². The number of ether oxygens (including phenoxy) is 2. The third-order valence-electron chi connectivity index (χ3n) is 4.38. The van der Waals surface area contributed by atoms with Crippen LogP contribution in [0.25, 0.3) is 11.1 Å². The predicted molar refractivity (Wildman–Crippen MR) is 86.0 cm³/mol. The number of rotatable bonds is 3. The quantitative estimate of drug-likeness (QED) is 0.875. The van der Waals surface area contributed by atoms with E-state index >= 15 is 0 Å². The highest BCUT2D eigenvalue weighted by molar-refractivity contribution is 5.63. The molecule has 4 nitrogen and oxygen atoms in total. The first kappa shape index (κ1) is 15.0. The van der Waals surface area contributed by atoms with E-state index in [9.17, 15) is 4.79 Å². The molecule has 1 saturated heterocycles. The van der Waals surface area contributed by atoms with Gasteiger partial charge in [0.25, 0.3) is 0 Å². The van der Waals surface area contributed by atoms with Crippen LogP contribution in [0.2, 0.25) is 0 Å². The Bertz CT molecular complexity index is 725. The first-order valence-electron chi connectivity index (χ1n) is 7.49. The van der Waals surface area contributed by atoms with Gasteiger partial charge in [-0.1, -0.05) is 29.8 Å². The van der Waals surface area contributed by atoms with Gasteiger partial charge in [-0.3, -0.25) is 4.79 Å². The topological polar surface area (TPSA) is 40.5 Å². The fraction of sp³-hybridized carbons (Fsp3) is 0.389. The van der Waals surface area contributed by atoms with Crippen molar-refractivity contribution in [1.82, 2.24) is 4.57 Å². The molecule has 3 rings (SSSR count). The van der Waals surface area contributed by atoms with Gasteiger partial charge in [0.1, 0.15) is 0 Å². The number of nitrogens with zero attached hydrogens (tertiary/aromatic N) is 1. The van der Waals surface area contributed by atoms with E-state index in [4.69, 9.17) is 9.47 Å². The number of aryl methyl sites for hydroxylation is 2. The van der Waals surface area contributed by atoms with Gasteiger partial charge in [0.05, 0.1) is 13.2 Å². The zero-order chi connectivity index (χ0) is 15.7. The van der Waals surface area contributed by atoms with Crippen molar-refractivity contribution in [2.75, 3.05) is 20.3 Å². The Labute approximate surface area is 130 Å². The third-order valence-corrected chi connectivity index (χ3v) is 4.38. The summed E-state index contributed by atoms with van der Waals surface area (Å²) in [5, 5.41) is 0. The van der Waals surface area contributed by atoms with Crippen LogP contribution in [0, 0.1) is 13.8 Å². The first-order chi connectivity index (χ1) is 10.6. The molecule has 1 unspecified atom stereocenters. The van der Waals surface area contributed by atoms with Crippen LogP contribution in [-0.4, -0.2) is 24.9 Å². The summed E-state index contributed by atoms with van der Waals surface area (Å²) in [5.41, 5.74) is 3.06. The molecule has 0 bridgehead atoms. The smallest absolute Gasteiger partial charge is 0.192 e. The maximum atomic E-state index is 12.5. The van der Waals surface area contributed by atoms with Gasteiger partial charge in [-0.15, -0.1) is 0 Å². The first-order valence-corrected chi connectivity index (χ1v) is 7.49. The van der Waals surface area contributed by atoms with E-state index in [-0.39, 0.29) is 5.43 Å². The molecule has 0 saturated carbocycles. The van der Waals surface area contributed by atoms with Gasteiger partial charge in [-0.05, 0) is 19.4 Å². The number of hydrogen-bond acceptors (Lipinski definition) is 3. The minimum Gasteiger partial charge on any atom is -0.376 e. The fourth-order valence-electron chi connectivity index (χ4n) is 2.89. The molecule has 116 valence electrons. The molecule has 0 aliphatic carbocycles. The van der Waals surface area contributed by atoms with Crippen molar-refractivity contribution in [3.8, 4) is 11.1 Å². The second-order valence-corrected chi connectivity index (χ2v) is 5.91. The molecule has 1 aromatic heterocycles. The SMILES string of the molecule is COC1(n2cc(C)c(=O)c(-c3ccc(C)cc3)c2)CCOC1. The van der Waals surface area contributed by atoms with Crippen LogP contribution in [0.5, 0.6) is 0 Å². The van der Waals surface area contributed by atoms with Crippen LogP contribution in [0.15, 0.2) is 41.5 Å². The average Bonchev–Trinajstić information content (AvgIpc) is 3.01. The lowest BCUT2D eigenvalue weighted by Gasteiger charge is -2.30. The highest BCUT2D eigenvalue weighted by Crippen LogP contribution is 2.29. The molecule has 2 aromatic rings. The van der Waals surface area contributed by atoms with Crippen molar-refractivity contribution >= 4 is 0 Å². The largest absolute Gasteiger partial charge is 0.376 e. The fourth-order valence-corrected chi connectivity index (χ4v) is 2.89. The normalized spacial score (nSPS) is 21.2. The van der Waals surface area contributed by atoms with Crippen LogP contribution in [-0.2, 0) is 15.2 Å². The molecule has 22 heavy (non-hydrogen) atoms. The Hall–Kier alpha value is -1.91. The summed E-state index contributed by atoms with van der Waals surface area (Å²) >= 11 is 0. The lowest BCUT2D eigenvalue weighted by atomic mass is 10.0. The lowest BCUT2D eigenvalue weighted by molar-refractivity contribution is -0.0808. The Morgan fingerprint density at radius 2 is 1.91 bits per heavy atom. The predicted octanol–water partition coefficient (Wildman–Crippen LogP) is 2.85. The molecule has 0 radical (unpaired) electrons. The molecular formula is C18H21NO3. The molecule has 1 aromatic carbocycles. The van der Waals surface area contributed by atoms with E-state index in [2.05, 4.69) is 0 Å². The monoisotopic (exact) mass is 299 g/mol. The third kappa shape index (κ3) is 2.49. The Kier molecular flexibility index (Phi) is 3.89. The maximum Gasteiger partial charge on any atom is 0.192 e. The van der Waals surface area contributed by atoms with Gasteiger partial charge in [-0.25, -0.2) is 0 Å². The number of methoxy groups -OCH3 is 1. The zero-order valence-electron chi connectivity index (χ0n) is 13.3. The number of pyridine rings is 1. The molecule has 0 spiro atoms. The molecule has 0 N–H and O–H groups in total. The van der Waals surface area contributed by atoms with E-state index in [1.807, 2.05) is 55.1 Å². The standard InChI is InChI=1S/C18H21NO3/c1-13-4-6-15(7-5-13)16-11-19(10-14(2)17(16)20)18(21-3)8-9-22-12-18/h4-7,10-11H,8-9,12H2,1-3H3. The molecule has 1 atom stereocenters. The van der Waals surface area contributed by atoms with Crippen molar-refractivity contribution in [1.29, 1.82) is 0 Å². The van der Waals surface area contributed by atoms with Crippen molar-refractivity contribution < 1.29 is 9.47 Å². The number of benzene rings is 1. The molecule has 2 heterocycles. The molecule has 4 heteroatoms. The summed E-state index contributed by atoms with van der Waals surface area (Å²) in [7, 11) is 1.69. The van der Waals surface area contributed by atoms with E-state index in [0.717, 1.165) is 12.0 Å². The van der Waals surface area contributed by atoms with Crippen molar-refractivity contribution in [3.63, 3.8) is 0 Å². The van der Waals surface area contributed by atoms with Crippen LogP contribution in [0.4, 0.5) is 0 Å². The average molecular weight is 299 g/mol. The van der Waals surface area contributed by atoms with Gasteiger partial charge >= 0.3 is 0 Å². The van der Waals surface area contributed by atoms with E-state index in [1.165, 1.54) is 5.56 Å². The summed E-state index contributed by atoms with van der Waals surface area (Å²) in [6.07, 6.45) is 4.52. The highest BCUT2D eigenvalue weighted by atomic mass is 16.6. The molecule has 0 amide bonds. The zero-order valence-corrected chi connectivity index (χ0v) is 13.3. The summed E-state index contributed by atoms with van der Waals surface area (Å²) in [5.74, 6) is 0. The summed E-state index contributed by atoms with van der Waals surface area (Å²) in [4.78, 5) is 12.5. The Morgan fingerprint density at radius 3 is 2.50 bits per heavy atom. The summed E-state index contributed by atoms with van der Waals surface area (Å²) < 4.78 is 13.2. The van der Waals surface area contributed by atoms with Gasteiger partial charge in [-0.2, -0.15) is 0 Å². The van der Waals surface area contributed by atoms with E-state index in [0.29, 0.717) is 24.3 Å². The number of hydrogen-bond donors (Lipinski definition) is 0. The van der Waals surface area contributed by atoms with E-state index < -0.39 is 5.72 Å². The molecule has 1 fully saturated rings. The molecular weight excluding hydrogens is 278 g/mol. The van der Waals surface area contributed by atoms with Crippen LogP contribution in [0.3, 0.4) is 0 Å². The maximum absolute atomic E-state index is 12.5. The second kappa shape index (κ2) is 5.71. The van der Waals surface area contributed by atoms with Gasteiger partial charge in [0.2, 0.25) is 0 Å².